The van der Waals surface area contributed by atoms with Gasteiger partial charge in [0.05, 0.1) is 30.3 Å². The molecule has 0 spiro atoms. The first kappa shape index (κ1) is 39.6. The van der Waals surface area contributed by atoms with E-state index in [0.29, 0.717) is 12.2 Å². The molecule has 0 amide bonds. The number of rotatable bonds is 16. The smallest absolute Gasteiger partial charge is 0.315 e. The SMILES string of the molecule is COC(=O)CSCCCS[C@H]1C(=O)C[C@@H](O[Si](C)(C)C(C)(C)C)[C@@H]1/C=C/[C@H](CCc1cc2ccccc2s1)O[Si](C)(C)C(C)(C)C. The molecule has 1 aromatic carbocycles. The van der Waals surface area contributed by atoms with Crippen LogP contribution in [-0.4, -0.2) is 70.2 Å². The number of hydrogen-bond acceptors (Lipinski definition) is 8. The Bertz CT molecular complexity index is 1290. The Kier molecular flexibility index (Phi) is 14.3. The predicted molar refractivity (Wildman–Crippen MR) is 207 cm³/mol. The van der Waals surface area contributed by atoms with Crippen molar-refractivity contribution >= 4 is 73.3 Å². The van der Waals surface area contributed by atoms with Crippen molar-refractivity contribution in [2.75, 3.05) is 24.4 Å². The highest BCUT2D eigenvalue weighted by Gasteiger charge is 2.47. The van der Waals surface area contributed by atoms with Crippen LogP contribution in [0, 0.1) is 5.92 Å². The number of ketones is 1. The normalized spacial score (nSPS) is 20.6. The number of ether oxygens (including phenoxy) is 1. The van der Waals surface area contributed by atoms with Crippen molar-refractivity contribution in [3.05, 3.63) is 47.4 Å². The molecular weight excluding hydrogens is 665 g/mol. The molecule has 10 heteroatoms. The maximum absolute atomic E-state index is 13.6. The minimum atomic E-state index is -2.09. The number of carbonyl (C=O) groups is 2. The van der Waals surface area contributed by atoms with E-state index in [1.165, 1.54) is 22.1 Å². The topological polar surface area (TPSA) is 61.8 Å². The molecule has 0 aliphatic heterocycles. The van der Waals surface area contributed by atoms with Crippen molar-refractivity contribution in [1.82, 2.24) is 0 Å². The van der Waals surface area contributed by atoms with Crippen LogP contribution in [0.1, 0.15) is 65.7 Å². The molecule has 1 aliphatic carbocycles. The summed E-state index contributed by atoms with van der Waals surface area (Å²) in [6, 6.07) is 10.9. The van der Waals surface area contributed by atoms with Gasteiger partial charge in [0.25, 0.3) is 0 Å². The van der Waals surface area contributed by atoms with E-state index < -0.39 is 16.6 Å². The van der Waals surface area contributed by atoms with E-state index in [1.807, 2.05) is 11.3 Å². The number of thiophene rings is 1. The van der Waals surface area contributed by atoms with Gasteiger partial charge in [-0.05, 0) is 84.6 Å². The summed E-state index contributed by atoms with van der Waals surface area (Å²) in [4.78, 5) is 26.4. The maximum atomic E-state index is 13.6. The van der Waals surface area contributed by atoms with Crippen molar-refractivity contribution in [2.45, 2.75) is 121 Å². The Morgan fingerprint density at radius 1 is 1.04 bits per heavy atom. The Labute approximate surface area is 293 Å². The quantitative estimate of drug-likeness (QED) is 0.0740. The number of hydrogen-bond donors (Lipinski definition) is 0. The molecule has 0 N–H and O–H groups in total. The number of fused-ring (bicyclic) bond motifs is 1. The van der Waals surface area contributed by atoms with Crippen LogP contribution >= 0.6 is 34.9 Å². The summed E-state index contributed by atoms with van der Waals surface area (Å²) in [5.74, 6) is 2.21. The van der Waals surface area contributed by atoms with Crippen LogP contribution in [0.5, 0.6) is 0 Å². The van der Waals surface area contributed by atoms with E-state index in [-0.39, 0.29) is 45.2 Å². The number of methoxy groups -OCH3 is 1. The zero-order valence-electron chi connectivity index (χ0n) is 30.1. The number of carbonyl (C=O) groups excluding carboxylic acids is 2. The third-order valence-corrected chi connectivity index (χ3v) is 22.5. The predicted octanol–water partition coefficient (Wildman–Crippen LogP) is 10.2. The van der Waals surface area contributed by atoms with Crippen LogP contribution in [0.25, 0.3) is 10.1 Å². The van der Waals surface area contributed by atoms with E-state index in [1.54, 1.807) is 23.5 Å². The highest BCUT2D eigenvalue weighted by atomic mass is 32.2. The molecule has 0 bridgehead atoms. The van der Waals surface area contributed by atoms with Gasteiger partial charge in [0, 0.05) is 21.9 Å². The van der Waals surface area contributed by atoms with Crippen LogP contribution in [-0.2, 0) is 29.6 Å². The van der Waals surface area contributed by atoms with Gasteiger partial charge < -0.3 is 13.6 Å². The standard InChI is InChI=1S/C36H58O5S3Si2/c1-35(2,3)45(8,9)40-27(17-19-28-23-26-15-12-13-16-32(26)44-28)18-20-29-31(41-46(10,11)36(4,5)6)24-30(37)34(29)43-22-14-21-42-25-33(38)39-7/h12-13,15-16,18,20,23,27,29,31,34H,14,17,19,21-22,24-25H2,1-11H3/b20-18+/t27-,29-,31+,34+/m0/s1. The Hall–Kier alpha value is -0.886. The van der Waals surface area contributed by atoms with Crippen LogP contribution < -0.4 is 0 Å². The highest BCUT2D eigenvalue weighted by molar-refractivity contribution is 8.01. The van der Waals surface area contributed by atoms with Gasteiger partial charge in [0.15, 0.2) is 16.6 Å². The molecule has 1 fully saturated rings. The second-order valence-corrected chi connectivity index (χ2v) is 28.6. The number of aryl methyl sites for hydroxylation is 1. The van der Waals surface area contributed by atoms with Crippen molar-refractivity contribution < 1.29 is 23.2 Å². The first-order valence-electron chi connectivity index (χ1n) is 16.6. The average molecular weight is 723 g/mol. The minimum Gasteiger partial charge on any atom is -0.468 e. The molecule has 0 saturated heterocycles. The molecule has 0 radical (unpaired) electrons. The summed E-state index contributed by atoms with van der Waals surface area (Å²) in [5.41, 5.74) is 0. The fourth-order valence-electron chi connectivity index (χ4n) is 5.00. The summed E-state index contributed by atoms with van der Waals surface area (Å²) >= 11 is 5.22. The number of thioether (sulfide) groups is 2. The minimum absolute atomic E-state index is 0.00388. The zero-order valence-corrected chi connectivity index (χ0v) is 34.5. The monoisotopic (exact) mass is 722 g/mol. The maximum Gasteiger partial charge on any atom is 0.315 e. The van der Waals surface area contributed by atoms with Gasteiger partial charge in [-0.25, -0.2) is 0 Å². The molecular formula is C36H58O5S3Si2. The van der Waals surface area contributed by atoms with Crippen molar-refractivity contribution in [3.63, 3.8) is 0 Å². The summed E-state index contributed by atoms with van der Waals surface area (Å²) < 4.78 is 20.1. The van der Waals surface area contributed by atoms with E-state index >= 15 is 0 Å². The molecule has 1 heterocycles. The highest BCUT2D eigenvalue weighted by Crippen LogP contribution is 2.44. The van der Waals surface area contributed by atoms with Crippen molar-refractivity contribution in [2.24, 2.45) is 5.92 Å². The lowest BCUT2D eigenvalue weighted by molar-refractivity contribution is -0.137. The molecule has 46 heavy (non-hydrogen) atoms. The molecule has 1 aromatic heterocycles. The van der Waals surface area contributed by atoms with Gasteiger partial charge in [0.2, 0.25) is 0 Å². The van der Waals surface area contributed by atoms with Crippen LogP contribution in [0.2, 0.25) is 36.3 Å². The average Bonchev–Trinajstić information content (AvgIpc) is 3.49. The molecule has 3 rings (SSSR count). The summed E-state index contributed by atoms with van der Waals surface area (Å²) in [6.07, 6.45) is 7.67. The molecule has 5 nitrogen and oxygen atoms in total. The molecule has 4 atom stereocenters. The third kappa shape index (κ3) is 11.1. The van der Waals surface area contributed by atoms with Gasteiger partial charge in [-0.2, -0.15) is 11.8 Å². The fourth-order valence-corrected chi connectivity index (χ4v) is 11.0. The van der Waals surface area contributed by atoms with Gasteiger partial charge in [0.1, 0.15) is 5.78 Å². The van der Waals surface area contributed by atoms with Crippen LogP contribution in [0.15, 0.2) is 42.5 Å². The van der Waals surface area contributed by atoms with E-state index in [2.05, 4.69) is 110 Å². The van der Waals surface area contributed by atoms with Gasteiger partial charge in [-0.1, -0.05) is 71.9 Å². The molecule has 1 aliphatic rings. The molecule has 258 valence electrons. The molecule has 1 saturated carbocycles. The second kappa shape index (κ2) is 16.7. The second-order valence-electron chi connectivity index (χ2n) is 15.5. The van der Waals surface area contributed by atoms with Crippen LogP contribution in [0.3, 0.4) is 0 Å². The van der Waals surface area contributed by atoms with E-state index in [4.69, 9.17) is 13.6 Å². The zero-order chi connectivity index (χ0) is 34.3. The Morgan fingerprint density at radius 2 is 1.72 bits per heavy atom. The van der Waals surface area contributed by atoms with Crippen molar-refractivity contribution in [1.29, 1.82) is 0 Å². The van der Waals surface area contributed by atoms with Gasteiger partial charge >= 0.3 is 5.97 Å². The third-order valence-electron chi connectivity index (χ3n) is 9.88. The van der Waals surface area contributed by atoms with Gasteiger partial charge in [-0.15, -0.1) is 23.1 Å². The lowest BCUT2D eigenvalue weighted by atomic mass is 10.0. The number of Topliss-reactive ketones (excluding diaryl/α,β-unsaturated/α-hetero) is 1. The largest absolute Gasteiger partial charge is 0.468 e. The fraction of sp³-hybridized carbons (Fsp3) is 0.667. The Morgan fingerprint density at radius 3 is 2.35 bits per heavy atom. The lowest BCUT2D eigenvalue weighted by Crippen LogP contribution is -2.45. The van der Waals surface area contributed by atoms with E-state index in [0.717, 1.165) is 30.8 Å². The summed E-state index contributed by atoms with van der Waals surface area (Å²) in [7, 11) is -2.72. The molecule has 2 aromatic rings. The summed E-state index contributed by atoms with van der Waals surface area (Å²) in [6.45, 7) is 22.9. The first-order chi connectivity index (χ1) is 21.3. The van der Waals surface area contributed by atoms with Gasteiger partial charge in [-0.3, -0.25) is 9.59 Å². The van der Waals surface area contributed by atoms with E-state index in [9.17, 15) is 9.59 Å². The Balaban J connectivity index is 1.83. The molecule has 0 unspecified atom stereocenters. The lowest BCUT2D eigenvalue weighted by Gasteiger charge is -2.40. The number of benzene rings is 1. The van der Waals surface area contributed by atoms with Crippen molar-refractivity contribution in [3.8, 4) is 0 Å². The summed E-state index contributed by atoms with van der Waals surface area (Å²) in [5, 5.41) is 1.33. The first-order valence-corrected chi connectivity index (χ1v) is 25.5. The van der Waals surface area contributed by atoms with Crippen LogP contribution in [0.4, 0.5) is 0 Å². The number of esters is 1.